The van der Waals surface area contributed by atoms with Crippen LogP contribution in [0.2, 0.25) is 0 Å². The number of hydrogen-bond acceptors (Lipinski definition) is 5. The second-order valence-electron chi connectivity index (χ2n) is 4.45. The second kappa shape index (κ2) is 5.37. The van der Waals surface area contributed by atoms with Crippen molar-refractivity contribution in [2.75, 3.05) is 11.9 Å². The van der Waals surface area contributed by atoms with Crippen molar-refractivity contribution >= 4 is 16.7 Å². The Bertz CT molecular complexity index is 570. The molecule has 8 heteroatoms. The molecular formula is C12H13F3N4S. The van der Waals surface area contributed by atoms with Gasteiger partial charge < -0.3 is 11.1 Å². The van der Waals surface area contributed by atoms with Crippen LogP contribution in [0.15, 0.2) is 30.3 Å². The van der Waals surface area contributed by atoms with E-state index >= 15 is 0 Å². The highest BCUT2D eigenvalue weighted by Crippen LogP contribution is 2.31. The minimum absolute atomic E-state index is 0.0918. The Labute approximate surface area is 118 Å². The predicted molar refractivity (Wildman–Crippen MR) is 71.4 cm³/mol. The Hall–Kier alpha value is -1.67. The maximum Gasteiger partial charge on any atom is 0.452 e. The Morgan fingerprint density at radius 1 is 1.25 bits per heavy atom. The SMILES string of the molecule is CC(CN)(Nc1nc(C(F)(F)F)ns1)c1ccccc1. The molecule has 2 rings (SSSR count). The number of nitrogens with zero attached hydrogens (tertiary/aromatic N) is 2. The third-order valence-corrected chi connectivity index (χ3v) is 3.51. The molecular weight excluding hydrogens is 289 g/mol. The summed E-state index contributed by atoms with van der Waals surface area (Å²) in [4.78, 5) is 3.46. The molecule has 0 aliphatic carbocycles. The molecule has 4 nitrogen and oxygen atoms in total. The molecule has 0 aliphatic heterocycles. The average molecular weight is 302 g/mol. The van der Waals surface area contributed by atoms with Crippen LogP contribution in [-0.2, 0) is 11.7 Å². The van der Waals surface area contributed by atoms with Crippen molar-refractivity contribution in [1.82, 2.24) is 9.36 Å². The molecule has 0 amide bonds. The molecule has 1 unspecified atom stereocenters. The van der Waals surface area contributed by atoms with E-state index in [1.807, 2.05) is 30.3 Å². The maximum absolute atomic E-state index is 12.5. The number of halogens is 3. The van der Waals surface area contributed by atoms with Gasteiger partial charge in [0.15, 0.2) is 0 Å². The third-order valence-electron chi connectivity index (χ3n) is 2.88. The minimum atomic E-state index is -4.54. The highest BCUT2D eigenvalue weighted by Gasteiger charge is 2.37. The first-order chi connectivity index (χ1) is 9.35. The van der Waals surface area contributed by atoms with Gasteiger partial charge in [0, 0.05) is 18.1 Å². The number of nitrogens with one attached hydrogen (secondary N) is 1. The Balaban J connectivity index is 2.25. The van der Waals surface area contributed by atoms with Crippen molar-refractivity contribution < 1.29 is 13.2 Å². The molecule has 2 aromatic rings. The normalized spacial score (nSPS) is 14.8. The van der Waals surface area contributed by atoms with Gasteiger partial charge in [-0.05, 0) is 12.5 Å². The fourth-order valence-electron chi connectivity index (χ4n) is 1.67. The fourth-order valence-corrected chi connectivity index (χ4v) is 2.39. The lowest BCUT2D eigenvalue weighted by atomic mass is 9.92. The smallest absolute Gasteiger partial charge is 0.350 e. The molecule has 0 saturated carbocycles. The van der Waals surface area contributed by atoms with E-state index in [0.717, 1.165) is 5.56 Å². The summed E-state index contributed by atoms with van der Waals surface area (Å²) in [5.41, 5.74) is 5.91. The molecule has 1 atom stereocenters. The van der Waals surface area contributed by atoms with E-state index in [-0.39, 0.29) is 11.7 Å². The molecule has 0 aliphatic rings. The van der Waals surface area contributed by atoms with Crippen molar-refractivity contribution in [3.8, 4) is 0 Å². The molecule has 1 aromatic carbocycles. The number of alkyl halides is 3. The Kier molecular flexibility index (Phi) is 3.96. The summed E-state index contributed by atoms with van der Waals surface area (Å²) < 4.78 is 40.7. The van der Waals surface area contributed by atoms with Crippen LogP contribution in [0, 0.1) is 0 Å². The topological polar surface area (TPSA) is 63.8 Å². The molecule has 0 saturated heterocycles. The quantitative estimate of drug-likeness (QED) is 0.911. The van der Waals surface area contributed by atoms with Crippen LogP contribution in [0.3, 0.4) is 0 Å². The van der Waals surface area contributed by atoms with Gasteiger partial charge in [-0.15, -0.1) is 0 Å². The van der Waals surface area contributed by atoms with Gasteiger partial charge in [0.2, 0.25) is 11.0 Å². The zero-order valence-corrected chi connectivity index (χ0v) is 11.4. The van der Waals surface area contributed by atoms with E-state index in [2.05, 4.69) is 14.7 Å². The van der Waals surface area contributed by atoms with Crippen LogP contribution in [0.25, 0.3) is 0 Å². The Morgan fingerprint density at radius 3 is 2.40 bits per heavy atom. The number of benzene rings is 1. The van der Waals surface area contributed by atoms with Gasteiger partial charge in [0.1, 0.15) is 0 Å². The van der Waals surface area contributed by atoms with Crippen molar-refractivity contribution in [2.24, 2.45) is 5.73 Å². The van der Waals surface area contributed by atoms with E-state index in [1.54, 1.807) is 6.92 Å². The van der Waals surface area contributed by atoms with Crippen LogP contribution >= 0.6 is 11.5 Å². The van der Waals surface area contributed by atoms with Gasteiger partial charge in [-0.1, -0.05) is 30.3 Å². The van der Waals surface area contributed by atoms with E-state index in [9.17, 15) is 13.2 Å². The maximum atomic E-state index is 12.5. The average Bonchev–Trinajstić information content (AvgIpc) is 2.88. The van der Waals surface area contributed by atoms with E-state index in [0.29, 0.717) is 11.5 Å². The van der Waals surface area contributed by atoms with Crippen molar-refractivity contribution in [2.45, 2.75) is 18.6 Å². The zero-order chi connectivity index (χ0) is 14.8. The highest BCUT2D eigenvalue weighted by atomic mass is 32.1. The third kappa shape index (κ3) is 3.07. The summed E-state index contributed by atoms with van der Waals surface area (Å²) in [6.07, 6.45) is -4.54. The van der Waals surface area contributed by atoms with Crippen LogP contribution in [0.5, 0.6) is 0 Å². The van der Waals surface area contributed by atoms with Crippen LogP contribution in [0.1, 0.15) is 18.3 Å². The largest absolute Gasteiger partial charge is 0.452 e. The first-order valence-corrected chi connectivity index (χ1v) is 6.57. The molecule has 20 heavy (non-hydrogen) atoms. The van der Waals surface area contributed by atoms with Crippen LogP contribution < -0.4 is 11.1 Å². The molecule has 0 bridgehead atoms. The van der Waals surface area contributed by atoms with E-state index < -0.39 is 17.5 Å². The highest BCUT2D eigenvalue weighted by molar-refractivity contribution is 7.09. The summed E-state index contributed by atoms with van der Waals surface area (Å²) >= 11 is 0.666. The fraction of sp³-hybridized carbons (Fsp3) is 0.333. The molecule has 1 heterocycles. The lowest BCUT2D eigenvalue weighted by molar-refractivity contribution is -0.144. The van der Waals surface area contributed by atoms with Gasteiger partial charge in [-0.25, -0.2) is 0 Å². The second-order valence-corrected chi connectivity index (χ2v) is 5.20. The van der Waals surface area contributed by atoms with Crippen molar-refractivity contribution in [3.63, 3.8) is 0 Å². The van der Waals surface area contributed by atoms with Gasteiger partial charge >= 0.3 is 6.18 Å². The molecule has 0 spiro atoms. The zero-order valence-electron chi connectivity index (χ0n) is 10.6. The molecule has 0 fully saturated rings. The summed E-state index contributed by atoms with van der Waals surface area (Å²) in [6, 6.07) is 9.24. The summed E-state index contributed by atoms with van der Waals surface area (Å²) in [5.74, 6) is -1.14. The number of aromatic nitrogens is 2. The van der Waals surface area contributed by atoms with Crippen LogP contribution in [0.4, 0.5) is 18.3 Å². The Morgan fingerprint density at radius 2 is 1.90 bits per heavy atom. The lowest BCUT2D eigenvalue weighted by Crippen LogP contribution is -2.39. The standard InChI is InChI=1S/C12H13F3N4S/c1-11(7-16,8-5-3-2-4-6-8)18-10-17-9(19-20-10)12(13,14)15/h2-6H,7,16H2,1H3,(H,17,18,19). The van der Waals surface area contributed by atoms with Gasteiger partial charge in [-0.2, -0.15) is 22.5 Å². The lowest BCUT2D eigenvalue weighted by Gasteiger charge is -2.29. The van der Waals surface area contributed by atoms with Gasteiger partial charge in [0.25, 0.3) is 0 Å². The summed E-state index contributed by atoms with van der Waals surface area (Å²) in [5, 5.41) is 3.03. The molecule has 108 valence electrons. The monoisotopic (exact) mass is 302 g/mol. The first kappa shape index (κ1) is 14.7. The van der Waals surface area contributed by atoms with Gasteiger partial charge in [-0.3, -0.25) is 0 Å². The number of hydrogen-bond donors (Lipinski definition) is 2. The number of rotatable bonds is 4. The van der Waals surface area contributed by atoms with E-state index in [4.69, 9.17) is 5.73 Å². The number of anilines is 1. The van der Waals surface area contributed by atoms with Gasteiger partial charge in [0.05, 0.1) is 5.54 Å². The first-order valence-electron chi connectivity index (χ1n) is 5.80. The minimum Gasteiger partial charge on any atom is -0.350 e. The molecule has 0 radical (unpaired) electrons. The summed E-state index contributed by atoms with van der Waals surface area (Å²) in [7, 11) is 0. The van der Waals surface area contributed by atoms with E-state index in [1.165, 1.54) is 0 Å². The number of nitrogens with two attached hydrogens (primary N) is 1. The summed E-state index contributed by atoms with van der Waals surface area (Å²) in [6.45, 7) is 2.01. The van der Waals surface area contributed by atoms with Crippen molar-refractivity contribution in [3.05, 3.63) is 41.7 Å². The predicted octanol–water partition coefficient (Wildman–Crippen LogP) is 2.84. The van der Waals surface area contributed by atoms with Crippen molar-refractivity contribution in [1.29, 1.82) is 0 Å². The van der Waals surface area contributed by atoms with Crippen LogP contribution in [-0.4, -0.2) is 15.9 Å². The molecule has 1 aromatic heterocycles. The molecule has 3 N–H and O–H groups in total.